The second-order valence-electron chi connectivity index (χ2n) is 6.72. The van der Waals surface area contributed by atoms with Gasteiger partial charge in [0.2, 0.25) is 18.6 Å². The predicted octanol–water partition coefficient (Wildman–Crippen LogP) is 2.26. The fraction of sp³-hybridized carbons (Fsp3) is 0.238. The summed E-state index contributed by atoms with van der Waals surface area (Å²) in [5, 5.41) is 6.69. The average molecular weight is 379 g/mol. The number of hydrogen-bond acceptors (Lipinski definition) is 4. The van der Waals surface area contributed by atoms with Crippen LogP contribution < -0.4 is 20.1 Å². The fourth-order valence-corrected chi connectivity index (χ4v) is 3.34. The number of hydrogen-bond donors (Lipinski definition) is 3. The Labute approximate surface area is 162 Å². The Morgan fingerprint density at radius 1 is 1.14 bits per heavy atom. The maximum atomic E-state index is 12.8. The van der Waals surface area contributed by atoms with Crippen LogP contribution in [0.3, 0.4) is 0 Å². The molecule has 144 valence electrons. The summed E-state index contributed by atoms with van der Waals surface area (Å²) < 4.78 is 10.7. The molecule has 1 atom stereocenters. The van der Waals surface area contributed by atoms with Gasteiger partial charge in [0.15, 0.2) is 11.5 Å². The van der Waals surface area contributed by atoms with Gasteiger partial charge in [-0.15, -0.1) is 0 Å². The molecule has 7 heteroatoms. The van der Waals surface area contributed by atoms with Gasteiger partial charge >= 0.3 is 0 Å². The molecule has 0 unspecified atom stereocenters. The molecule has 2 amide bonds. The topological polar surface area (TPSA) is 92.5 Å². The van der Waals surface area contributed by atoms with E-state index in [1.807, 2.05) is 48.7 Å². The molecule has 0 bridgehead atoms. The van der Waals surface area contributed by atoms with Crippen molar-refractivity contribution in [2.24, 2.45) is 0 Å². The van der Waals surface area contributed by atoms with Gasteiger partial charge in [0.05, 0.1) is 0 Å². The van der Waals surface area contributed by atoms with E-state index in [2.05, 4.69) is 15.6 Å². The van der Waals surface area contributed by atoms with Crippen LogP contribution in [0.1, 0.15) is 18.1 Å². The zero-order valence-corrected chi connectivity index (χ0v) is 15.5. The minimum absolute atomic E-state index is 0.209. The number of amides is 2. The summed E-state index contributed by atoms with van der Waals surface area (Å²) >= 11 is 0. The zero-order chi connectivity index (χ0) is 19.5. The van der Waals surface area contributed by atoms with Gasteiger partial charge in [0.1, 0.15) is 6.04 Å². The molecular formula is C21H21N3O4. The van der Waals surface area contributed by atoms with Crippen molar-refractivity contribution in [3.8, 4) is 11.5 Å². The lowest BCUT2D eigenvalue weighted by atomic mass is 10.0. The first-order valence-corrected chi connectivity index (χ1v) is 9.08. The molecule has 3 aromatic rings. The summed E-state index contributed by atoms with van der Waals surface area (Å²) in [4.78, 5) is 27.6. The third-order valence-corrected chi connectivity index (χ3v) is 4.70. The van der Waals surface area contributed by atoms with Crippen molar-refractivity contribution in [2.45, 2.75) is 25.9 Å². The fourth-order valence-electron chi connectivity index (χ4n) is 3.34. The van der Waals surface area contributed by atoms with Crippen LogP contribution >= 0.6 is 0 Å². The number of ether oxygens (including phenoxy) is 2. The number of carbonyl (C=O) groups is 2. The first-order chi connectivity index (χ1) is 13.6. The highest BCUT2D eigenvalue weighted by Crippen LogP contribution is 2.32. The summed E-state index contributed by atoms with van der Waals surface area (Å²) in [7, 11) is 0. The lowest BCUT2D eigenvalue weighted by molar-refractivity contribution is -0.128. The van der Waals surface area contributed by atoms with Crippen molar-refractivity contribution in [3.05, 3.63) is 59.8 Å². The smallest absolute Gasteiger partial charge is 0.243 e. The molecule has 1 aliphatic rings. The van der Waals surface area contributed by atoms with Gasteiger partial charge in [0.25, 0.3) is 0 Å². The summed E-state index contributed by atoms with van der Waals surface area (Å²) in [6.45, 7) is 1.95. The van der Waals surface area contributed by atoms with Crippen molar-refractivity contribution in [2.75, 3.05) is 6.79 Å². The predicted molar refractivity (Wildman–Crippen MR) is 104 cm³/mol. The van der Waals surface area contributed by atoms with Crippen LogP contribution in [0.25, 0.3) is 10.9 Å². The second kappa shape index (κ2) is 7.64. The number of H-pyrrole nitrogens is 1. The van der Waals surface area contributed by atoms with E-state index in [1.165, 1.54) is 6.92 Å². The van der Waals surface area contributed by atoms with Gasteiger partial charge in [-0.3, -0.25) is 9.59 Å². The van der Waals surface area contributed by atoms with Crippen molar-refractivity contribution in [1.29, 1.82) is 0 Å². The minimum Gasteiger partial charge on any atom is -0.454 e. The first-order valence-electron chi connectivity index (χ1n) is 9.08. The maximum absolute atomic E-state index is 12.8. The normalized spacial score (nSPS) is 13.3. The molecule has 2 aromatic carbocycles. The van der Waals surface area contributed by atoms with E-state index in [0.29, 0.717) is 24.5 Å². The number of nitrogens with one attached hydrogen (secondary N) is 3. The Bertz CT molecular complexity index is 1030. The quantitative estimate of drug-likeness (QED) is 0.613. The van der Waals surface area contributed by atoms with Crippen LogP contribution in [0.5, 0.6) is 11.5 Å². The number of aromatic amines is 1. The van der Waals surface area contributed by atoms with E-state index in [-0.39, 0.29) is 18.6 Å². The van der Waals surface area contributed by atoms with Gasteiger partial charge in [-0.05, 0) is 29.3 Å². The zero-order valence-electron chi connectivity index (χ0n) is 15.5. The average Bonchev–Trinajstić information content (AvgIpc) is 3.32. The van der Waals surface area contributed by atoms with Crippen molar-refractivity contribution in [1.82, 2.24) is 15.6 Å². The minimum atomic E-state index is -0.661. The molecule has 0 spiro atoms. The van der Waals surface area contributed by atoms with Crippen LogP contribution in [0, 0.1) is 0 Å². The Balaban J connectivity index is 1.46. The molecule has 3 N–H and O–H groups in total. The van der Waals surface area contributed by atoms with Crippen LogP contribution in [0.4, 0.5) is 0 Å². The molecule has 1 aromatic heterocycles. The number of benzene rings is 2. The summed E-state index contributed by atoms with van der Waals surface area (Å²) in [5.41, 5.74) is 2.87. The molecule has 0 aliphatic carbocycles. The molecule has 0 saturated heterocycles. The van der Waals surface area contributed by atoms with E-state index in [1.54, 1.807) is 0 Å². The van der Waals surface area contributed by atoms with Crippen LogP contribution in [-0.4, -0.2) is 29.6 Å². The van der Waals surface area contributed by atoms with Gasteiger partial charge in [-0.2, -0.15) is 0 Å². The van der Waals surface area contributed by atoms with Gasteiger partial charge in [-0.25, -0.2) is 0 Å². The number of fused-ring (bicyclic) bond motifs is 2. The highest BCUT2D eigenvalue weighted by atomic mass is 16.7. The first kappa shape index (κ1) is 17.9. The third-order valence-electron chi connectivity index (χ3n) is 4.70. The number of carbonyl (C=O) groups excluding carboxylic acids is 2. The van der Waals surface area contributed by atoms with Gasteiger partial charge in [-0.1, -0.05) is 24.3 Å². The lowest BCUT2D eigenvalue weighted by Crippen LogP contribution is -2.47. The Hall–Kier alpha value is -3.48. The number of para-hydroxylation sites is 1. The number of rotatable bonds is 6. The maximum Gasteiger partial charge on any atom is 0.243 e. The molecule has 28 heavy (non-hydrogen) atoms. The van der Waals surface area contributed by atoms with Crippen LogP contribution in [0.2, 0.25) is 0 Å². The molecule has 0 fully saturated rings. The highest BCUT2D eigenvalue weighted by Gasteiger charge is 2.21. The molecule has 0 radical (unpaired) electrons. The molecule has 1 aliphatic heterocycles. The van der Waals surface area contributed by atoms with Crippen molar-refractivity contribution < 1.29 is 19.1 Å². The van der Waals surface area contributed by atoms with E-state index in [9.17, 15) is 9.59 Å². The summed E-state index contributed by atoms with van der Waals surface area (Å²) in [5.74, 6) is 0.885. The van der Waals surface area contributed by atoms with E-state index in [0.717, 1.165) is 22.0 Å². The monoisotopic (exact) mass is 379 g/mol. The Morgan fingerprint density at radius 2 is 1.96 bits per heavy atom. The van der Waals surface area contributed by atoms with Gasteiger partial charge in [0, 0.05) is 37.0 Å². The largest absolute Gasteiger partial charge is 0.454 e. The highest BCUT2D eigenvalue weighted by molar-refractivity contribution is 5.89. The molecule has 0 saturated carbocycles. The summed E-state index contributed by atoms with van der Waals surface area (Å²) in [6, 6.07) is 12.8. The SMILES string of the molecule is CC(=O)N[C@H](Cc1c[nH]c2ccccc12)C(=O)NCc1ccc2c(c1)OCO2. The van der Waals surface area contributed by atoms with Crippen LogP contribution in [0.15, 0.2) is 48.7 Å². The van der Waals surface area contributed by atoms with Crippen LogP contribution in [-0.2, 0) is 22.6 Å². The molecule has 7 nitrogen and oxygen atoms in total. The van der Waals surface area contributed by atoms with Gasteiger partial charge < -0.3 is 25.1 Å². The molecule has 4 rings (SSSR count). The molecule has 2 heterocycles. The van der Waals surface area contributed by atoms with Crippen molar-refractivity contribution in [3.63, 3.8) is 0 Å². The van der Waals surface area contributed by atoms with E-state index >= 15 is 0 Å². The molecular weight excluding hydrogens is 358 g/mol. The third kappa shape index (κ3) is 3.78. The van der Waals surface area contributed by atoms with E-state index < -0.39 is 6.04 Å². The Kier molecular flexibility index (Phi) is 4.89. The Morgan fingerprint density at radius 3 is 2.82 bits per heavy atom. The van der Waals surface area contributed by atoms with E-state index in [4.69, 9.17) is 9.47 Å². The summed E-state index contributed by atoms with van der Waals surface area (Å²) in [6.07, 6.45) is 2.28. The number of aromatic nitrogens is 1. The standard InChI is InChI=1S/C21H21N3O4/c1-13(25)24-18(9-15-11-22-17-5-3-2-4-16(15)17)21(26)23-10-14-6-7-19-20(8-14)28-12-27-19/h2-8,11,18,22H,9-10,12H2,1H3,(H,23,26)(H,24,25)/t18-/m1/s1. The van der Waals surface area contributed by atoms with Crippen molar-refractivity contribution >= 4 is 22.7 Å². The lowest BCUT2D eigenvalue weighted by Gasteiger charge is -2.17. The second-order valence-corrected chi connectivity index (χ2v) is 6.72.